The minimum absolute atomic E-state index is 0.329. The standard InChI is InChI=1S/C6H12N2O2.C4H8/c7-5(9)3-1-2-4-6(8)10;1-3-4-2/h1-4H2,(H2,7,9)(H2,8,10);3H,1,4H2,2H3. The van der Waals surface area contributed by atoms with Crippen LogP contribution in [0.5, 0.6) is 0 Å². The quantitative estimate of drug-likeness (QED) is 0.497. The van der Waals surface area contributed by atoms with Crippen molar-refractivity contribution in [1.29, 1.82) is 0 Å². The van der Waals surface area contributed by atoms with Crippen LogP contribution in [0.2, 0.25) is 0 Å². The first-order valence-electron chi connectivity index (χ1n) is 4.72. The molecular formula is C10H20N2O2. The van der Waals surface area contributed by atoms with Crippen molar-refractivity contribution in [2.75, 3.05) is 0 Å². The second-order valence-corrected chi connectivity index (χ2v) is 2.84. The van der Waals surface area contributed by atoms with Crippen LogP contribution in [0.25, 0.3) is 0 Å². The second kappa shape index (κ2) is 11.7. The van der Waals surface area contributed by atoms with E-state index in [1.54, 1.807) is 0 Å². The molecule has 0 atom stereocenters. The Hall–Kier alpha value is -1.32. The highest BCUT2D eigenvalue weighted by Gasteiger charge is 1.96. The van der Waals surface area contributed by atoms with Gasteiger partial charge in [0.1, 0.15) is 0 Å². The lowest BCUT2D eigenvalue weighted by Gasteiger charge is -1.93. The van der Waals surface area contributed by atoms with E-state index < -0.39 is 0 Å². The van der Waals surface area contributed by atoms with E-state index in [0.717, 1.165) is 6.42 Å². The van der Waals surface area contributed by atoms with E-state index in [4.69, 9.17) is 11.5 Å². The molecule has 82 valence electrons. The number of hydrogen-bond donors (Lipinski definition) is 2. The topological polar surface area (TPSA) is 86.2 Å². The largest absolute Gasteiger partial charge is 0.370 e. The zero-order valence-corrected chi connectivity index (χ0v) is 8.79. The first-order chi connectivity index (χ1) is 6.54. The number of carbonyl (C=O) groups is 2. The Morgan fingerprint density at radius 1 is 1.14 bits per heavy atom. The fourth-order valence-corrected chi connectivity index (χ4v) is 0.598. The molecule has 0 aliphatic carbocycles. The summed E-state index contributed by atoms with van der Waals surface area (Å²) in [5.41, 5.74) is 9.71. The van der Waals surface area contributed by atoms with Gasteiger partial charge in [0.15, 0.2) is 0 Å². The van der Waals surface area contributed by atoms with Crippen molar-refractivity contribution >= 4 is 11.8 Å². The molecule has 4 nitrogen and oxygen atoms in total. The Morgan fingerprint density at radius 2 is 1.43 bits per heavy atom. The lowest BCUT2D eigenvalue weighted by Crippen LogP contribution is -2.12. The summed E-state index contributed by atoms with van der Waals surface area (Å²) in [5.74, 6) is -0.658. The third-order valence-corrected chi connectivity index (χ3v) is 1.39. The maximum absolute atomic E-state index is 10.2. The number of amides is 2. The molecule has 0 fully saturated rings. The molecule has 2 amide bonds. The van der Waals surface area contributed by atoms with Crippen molar-refractivity contribution in [1.82, 2.24) is 0 Å². The lowest BCUT2D eigenvalue weighted by molar-refractivity contribution is -0.119. The highest BCUT2D eigenvalue weighted by atomic mass is 16.1. The summed E-state index contributed by atoms with van der Waals surface area (Å²) in [6, 6.07) is 0. The van der Waals surface area contributed by atoms with Crippen LogP contribution in [0.3, 0.4) is 0 Å². The molecule has 0 aromatic heterocycles. The number of nitrogens with two attached hydrogens (primary N) is 2. The van der Waals surface area contributed by atoms with Gasteiger partial charge in [0, 0.05) is 12.8 Å². The Morgan fingerprint density at radius 3 is 1.57 bits per heavy atom. The summed E-state index contributed by atoms with van der Waals surface area (Å²) in [7, 11) is 0. The molecular weight excluding hydrogens is 180 g/mol. The van der Waals surface area contributed by atoms with E-state index >= 15 is 0 Å². The van der Waals surface area contributed by atoms with Gasteiger partial charge in [0.25, 0.3) is 0 Å². The number of rotatable bonds is 6. The number of hydrogen-bond acceptors (Lipinski definition) is 2. The van der Waals surface area contributed by atoms with Crippen LogP contribution in [0.4, 0.5) is 0 Å². The fourth-order valence-electron chi connectivity index (χ4n) is 0.598. The van der Waals surface area contributed by atoms with Crippen LogP contribution in [-0.2, 0) is 9.59 Å². The van der Waals surface area contributed by atoms with Crippen molar-refractivity contribution in [3.05, 3.63) is 12.7 Å². The molecule has 0 aliphatic rings. The molecule has 0 spiro atoms. The first-order valence-corrected chi connectivity index (χ1v) is 4.72. The molecule has 0 bridgehead atoms. The molecule has 0 aliphatic heterocycles. The van der Waals surface area contributed by atoms with E-state index in [9.17, 15) is 9.59 Å². The molecule has 4 heteroatoms. The smallest absolute Gasteiger partial charge is 0.217 e. The number of unbranched alkanes of at least 4 members (excludes halogenated alkanes) is 1. The van der Waals surface area contributed by atoms with E-state index in [-0.39, 0.29) is 11.8 Å². The van der Waals surface area contributed by atoms with Crippen LogP contribution in [0, 0.1) is 0 Å². The highest BCUT2D eigenvalue weighted by Crippen LogP contribution is 1.97. The molecule has 0 saturated heterocycles. The van der Waals surface area contributed by atoms with Gasteiger partial charge in [-0.05, 0) is 19.3 Å². The zero-order chi connectivity index (χ0) is 11.4. The number of primary amides is 2. The Kier molecular flexibility index (Phi) is 12.7. The van der Waals surface area contributed by atoms with Crippen molar-refractivity contribution in [3.63, 3.8) is 0 Å². The van der Waals surface area contributed by atoms with Gasteiger partial charge in [-0.15, -0.1) is 6.58 Å². The summed E-state index contributed by atoms with van der Waals surface area (Å²) >= 11 is 0. The third-order valence-electron chi connectivity index (χ3n) is 1.39. The van der Waals surface area contributed by atoms with Crippen molar-refractivity contribution in [3.8, 4) is 0 Å². The maximum atomic E-state index is 10.2. The van der Waals surface area contributed by atoms with Gasteiger partial charge < -0.3 is 11.5 Å². The van der Waals surface area contributed by atoms with Crippen molar-refractivity contribution < 1.29 is 9.59 Å². The highest BCUT2D eigenvalue weighted by molar-refractivity contribution is 5.74. The van der Waals surface area contributed by atoms with Crippen LogP contribution < -0.4 is 11.5 Å². The molecule has 0 saturated carbocycles. The SMILES string of the molecule is C=CCC.NC(=O)CCCCC(N)=O. The van der Waals surface area contributed by atoms with Crippen LogP contribution in [-0.4, -0.2) is 11.8 Å². The fraction of sp³-hybridized carbons (Fsp3) is 0.600. The lowest BCUT2D eigenvalue weighted by atomic mass is 10.2. The average molecular weight is 200 g/mol. The van der Waals surface area contributed by atoms with Gasteiger partial charge in [0.2, 0.25) is 11.8 Å². The molecule has 0 aromatic rings. The van der Waals surface area contributed by atoms with Crippen molar-refractivity contribution in [2.24, 2.45) is 11.5 Å². The third kappa shape index (κ3) is 22.4. The van der Waals surface area contributed by atoms with Gasteiger partial charge >= 0.3 is 0 Å². The van der Waals surface area contributed by atoms with E-state index in [1.807, 2.05) is 6.08 Å². The molecule has 14 heavy (non-hydrogen) atoms. The number of carbonyl (C=O) groups excluding carboxylic acids is 2. The summed E-state index contributed by atoms with van der Waals surface area (Å²) < 4.78 is 0. The molecule has 0 rings (SSSR count). The van der Waals surface area contributed by atoms with Gasteiger partial charge in [-0.1, -0.05) is 13.0 Å². The summed E-state index contributed by atoms with van der Waals surface area (Å²) in [6.07, 6.45) is 4.94. The van der Waals surface area contributed by atoms with Gasteiger partial charge in [-0.3, -0.25) is 9.59 Å². The summed E-state index contributed by atoms with van der Waals surface area (Å²) in [6.45, 7) is 5.54. The van der Waals surface area contributed by atoms with E-state index in [1.165, 1.54) is 0 Å². The Balaban J connectivity index is 0. The average Bonchev–Trinajstić information content (AvgIpc) is 2.12. The van der Waals surface area contributed by atoms with Gasteiger partial charge in [-0.2, -0.15) is 0 Å². The Bertz CT molecular complexity index is 163. The van der Waals surface area contributed by atoms with Gasteiger partial charge in [0.05, 0.1) is 0 Å². The van der Waals surface area contributed by atoms with E-state index in [2.05, 4.69) is 13.5 Å². The predicted molar refractivity (Wildman–Crippen MR) is 57.3 cm³/mol. The number of allylic oxidation sites excluding steroid dienone is 1. The first kappa shape index (κ1) is 15.2. The van der Waals surface area contributed by atoms with E-state index in [0.29, 0.717) is 25.7 Å². The maximum Gasteiger partial charge on any atom is 0.217 e. The summed E-state index contributed by atoms with van der Waals surface area (Å²) in [4.78, 5) is 20.3. The summed E-state index contributed by atoms with van der Waals surface area (Å²) in [5, 5.41) is 0. The Labute approximate surface area is 85.3 Å². The van der Waals surface area contributed by atoms with Crippen LogP contribution in [0.1, 0.15) is 39.0 Å². The molecule has 0 unspecified atom stereocenters. The van der Waals surface area contributed by atoms with Gasteiger partial charge in [-0.25, -0.2) is 0 Å². The van der Waals surface area contributed by atoms with Crippen molar-refractivity contribution in [2.45, 2.75) is 39.0 Å². The minimum Gasteiger partial charge on any atom is -0.370 e. The molecule has 4 N–H and O–H groups in total. The second-order valence-electron chi connectivity index (χ2n) is 2.84. The molecule has 0 aromatic carbocycles. The van der Waals surface area contributed by atoms with Crippen LogP contribution in [0.15, 0.2) is 12.7 Å². The zero-order valence-electron chi connectivity index (χ0n) is 8.79. The predicted octanol–water partition coefficient (Wildman–Crippen LogP) is 1.10. The monoisotopic (exact) mass is 200 g/mol. The van der Waals surface area contributed by atoms with Crippen LogP contribution >= 0.6 is 0 Å². The minimum atomic E-state index is -0.329. The molecule has 0 radical (unpaired) electrons. The molecule has 0 heterocycles. The normalized spacial score (nSPS) is 8.36.